The monoisotopic (exact) mass is 499 g/mol. The van der Waals surface area contributed by atoms with Crippen molar-refractivity contribution in [1.29, 1.82) is 0 Å². The van der Waals surface area contributed by atoms with E-state index in [9.17, 15) is 18.0 Å². The number of ether oxygens (including phenoxy) is 2. The van der Waals surface area contributed by atoms with Gasteiger partial charge in [-0.15, -0.1) is 0 Å². The van der Waals surface area contributed by atoms with E-state index in [-0.39, 0.29) is 29.7 Å². The Labute approximate surface area is 205 Å². The Morgan fingerprint density at radius 1 is 1.00 bits per heavy atom. The van der Waals surface area contributed by atoms with E-state index >= 15 is 0 Å². The van der Waals surface area contributed by atoms with E-state index < -0.39 is 15.9 Å². The summed E-state index contributed by atoms with van der Waals surface area (Å²) in [6, 6.07) is 10.2. The lowest BCUT2D eigenvalue weighted by Crippen LogP contribution is -2.36. The quantitative estimate of drug-likeness (QED) is 0.678. The number of aryl methyl sites for hydroxylation is 1. The number of nitrogens with one attached hydrogen (secondary N) is 1. The molecule has 0 bridgehead atoms. The minimum Gasteiger partial charge on any atom is -0.486 e. The molecule has 186 valence electrons. The number of hydrogen-bond donors (Lipinski definition) is 1. The molecular weight excluding hydrogens is 470 g/mol. The molecule has 1 N–H and O–H groups in total. The van der Waals surface area contributed by atoms with Gasteiger partial charge in [0.05, 0.1) is 10.8 Å². The van der Waals surface area contributed by atoms with E-state index in [0.717, 1.165) is 19.3 Å². The van der Waals surface area contributed by atoms with Gasteiger partial charge in [-0.1, -0.05) is 12.5 Å². The summed E-state index contributed by atoms with van der Waals surface area (Å²) in [5.74, 6) is 0.189. The maximum absolute atomic E-state index is 13.2. The number of sulfonamides is 1. The average Bonchev–Trinajstić information content (AvgIpc) is 3.27. The maximum atomic E-state index is 13.2. The average molecular weight is 500 g/mol. The third-order valence-electron chi connectivity index (χ3n) is 6.72. The molecule has 0 aliphatic carbocycles. The number of rotatable bonds is 5. The van der Waals surface area contributed by atoms with Gasteiger partial charge in [0.15, 0.2) is 11.5 Å². The minimum atomic E-state index is -3.63. The highest BCUT2D eigenvalue weighted by Gasteiger charge is 2.36. The predicted molar refractivity (Wildman–Crippen MR) is 130 cm³/mol. The molecule has 2 saturated heterocycles. The number of anilines is 2. The van der Waals surface area contributed by atoms with Crippen molar-refractivity contribution >= 4 is 33.2 Å². The minimum absolute atomic E-state index is 0.0745. The lowest BCUT2D eigenvalue weighted by atomic mass is 10.1. The van der Waals surface area contributed by atoms with Gasteiger partial charge < -0.3 is 19.7 Å². The van der Waals surface area contributed by atoms with Crippen LogP contribution in [0.4, 0.5) is 11.4 Å². The molecule has 2 aromatic rings. The summed E-state index contributed by atoms with van der Waals surface area (Å²) < 4.78 is 39.0. The normalized spacial score (nSPS) is 20.7. The molecule has 1 atom stereocenters. The molecule has 2 aromatic carbocycles. The summed E-state index contributed by atoms with van der Waals surface area (Å²) in [4.78, 5) is 27.5. The van der Waals surface area contributed by atoms with Crippen molar-refractivity contribution in [2.45, 2.75) is 37.5 Å². The van der Waals surface area contributed by atoms with E-state index in [0.29, 0.717) is 54.7 Å². The van der Waals surface area contributed by atoms with Crippen LogP contribution in [0.25, 0.3) is 0 Å². The van der Waals surface area contributed by atoms with Crippen LogP contribution in [-0.4, -0.2) is 57.4 Å². The molecule has 5 rings (SSSR count). The first-order chi connectivity index (χ1) is 16.8. The number of benzene rings is 2. The number of carbonyl (C=O) groups excluding carboxylic acids is 2. The van der Waals surface area contributed by atoms with Gasteiger partial charge in [-0.2, -0.15) is 4.31 Å². The fourth-order valence-electron chi connectivity index (χ4n) is 4.78. The largest absolute Gasteiger partial charge is 0.486 e. The van der Waals surface area contributed by atoms with Gasteiger partial charge in [0.25, 0.3) is 0 Å². The second-order valence-corrected chi connectivity index (χ2v) is 11.1. The number of hydrogen-bond acceptors (Lipinski definition) is 6. The van der Waals surface area contributed by atoms with Crippen LogP contribution in [0, 0.1) is 12.8 Å². The molecule has 0 spiro atoms. The van der Waals surface area contributed by atoms with Crippen molar-refractivity contribution in [2.75, 3.05) is 43.1 Å². The molecule has 10 heteroatoms. The van der Waals surface area contributed by atoms with E-state index in [1.165, 1.54) is 10.4 Å². The van der Waals surface area contributed by atoms with Crippen LogP contribution in [0.5, 0.6) is 11.5 Å². The first-order valence-corrected chi connectivity index (χ1v) is 13.4. The van der Waals surface area contributed by atoms with Crippen molar-refractivity contribution in [3.63, 3.8) is 0 Å². The Hall–Kier alpha value is -3.11. The van der Waals surface area contributed by atoms with Crippen LogP contribution in [0.2, 0.25) is 0 Å². The topological polar surface area (TPSA) is 105 Å². The third kappa shape index (κ3) is 4.72. The molecule has 35 heavy (non-hydrogen) atoms. The molecule has 3 aliphatic heterocycles. The van der Waals surface area contributed by atoms with Crippen LogP contribution < -0.4 is 19.7 Å². The second kappa shape index (κ2) is 9.50. The first-order valence-electron chi connectivity index (χ1n) is 11.9. The molecule has 2 amide bonds. The van der Waals surface area contributed by atoms with Gasteiger partial charge in [0.2, 0.25) is 21.8 Å². The summed E-state index contributed by atoms with van der Waals surface area (Å²) in [6.45, 7) is 3.94. The van der Waals surface area contributed by atoms with Crippen molar-refractivity contribution in [3.05, 3.63) is 42.0 Å². The zero-order chi connectivity index (χ0) is 24.6. The summed E-state index contributed by atoms with van der Waals surface area (Å²) in [7, 11) is -3.63. The van der Waals surface area contributed by atoms with Crippen molar-refractivity contribution < 1.29 is 27.5 Å². The van der Waals surface area contributed by atoms with Gasteiger partial charge in [0.1, 0.15) is 13.2 Å². The number of piperidine rings is 1. The van der Waals surface area contributed by atoms with Gasteiger partial charge in [0, 0.05) is 43.5 Å². The molecule has 0 aromatic heterocycles. The third-order valence-corrected chi connectivity index (χ3v) is 8.76. The number of fused-ring (bicyclic) bond motifs is 1. The van der Waals surface area contributed by atoms with Gasteiger partial charge in [-0.3, -0.25) is 9.59 Å². The molecule has 9 nitrogen and oxygen atoms in total. The Morgan fingerprint density at radius 2 is 1.74 bits per heavy atom. The van der Waals surface area contributed by atoms with Gasteiger partial charge in [-0.25, -0.2) is 8.42 Å². The van der Waals surface area contributed by atoms with E-state index in [1.807, 2.05) is 0 Å². The summed E-state index contributed by atoms with van der Waals surface area (Å²) in [6.07, 6.45) is 2.81. The zero-order valence-corrected chi connectivity index (χ0v) is 20.5. The molecule has 0 saturated carbocycles. The fraction of sp³-hybridized carbons (Fsp3) is 0.440. The number of nitrogens with zero attached hydrogens (tertiary/aromatic N) is 2. The first kappa shape index (κ1) is 23.6. The second-order valence-electron chi connectivity index (χ2n) is 9.17. The predicted octanol–water partition coefficient (Wildman–Crippen LogP) is 2.93. The van der Waals surface area contributed by atoms with Crippen molar-refractivity contribution in [1.82, 2.24) is 4.31 Å². The maximum Gasteiger partial charge on any atom is 0.243 e. The standard InChI is InChI=1S/C25H29N3O6S/c1-17-5-6-19(14-23(17)35(31,32)27-9-3-2-4-10-27)26-25(30)18-13-24(29)28(16-18)20-7-8-21-22(15-20)34-12-11-33-21/h5-8,14-15,18H,2-4,9-13,16H2,1H3,(H,26,30). The van der Waals surface area contributed by atoms with Gasteiger partial charge in [-0.05, 0) is 49.6 Å². The van der Waals surface area contributed by atoms with Crippen molar-refractivity contribution in [2.24, 2.45) is 5.92 Å². The Morgan fingerprint density at radius 3 is 2.51 bits per heavy atom. The summed E-state index contributed by atoms with van der Waals surface area (Å²) in [5, 5.41) is 2.82. The molecular formula is C25H29N3O6S. The lowest BCUT2D eigenvalue weighted by Gasteiger charge is -2.26. The highest BCUT2D eigenvalue weighted by atomic mass is 32.2. The Bertz CT molecular complexity index is 1260. The van der Waals surface area contributed by atoms with E-state index in [1.54, 1.807) is 42.2 Å². The van der Waals surface area contributed by atoms with Crippen molar-refractivity contribution in [3.8, 4) is 11.5 Å². The van der Waals surface area contributed by atoms with Crippen LogP contribution in [0.1, 0.15) is 31.2 Å². The lowest BCUT2D eigenvalue weighted by molar-refractivity contribution is -0.122. The summed E-state index contributed by atoms with van der Waals surface area (Å²) >= 11 is 0. The van der Waals surface area contributed by atoms with Crippen LogP contribution in [0.3, 0.4) is 0 Å². The highest BCUT2D eigenvalue weighted by molar-refractivity contribution is 7.89. The molecule has 3 aliphatic rings. The zero-order valence-electron chi connectivity index (χ0n) is 19.7. The van der Waals surface area contributed by atoms with E-state index in [4.69, 9.17) is 9.47 Å². The Balaban J connectivity index is 1.30. The Kier molecular flexibility index (Phi) is 6.41. The molecule has 0 radical (unpaired) electrons. The van der Waals surface area contributed by atoms with E-state index in [2.05, 4.69) is 5.32 Å². The van der Waals surface area contributed by atoms with Crippen LogP contribution in [0.15, 0.2) is 41.3 Å². The molecule has 1 unspecified atom stereocenters. The van der Waals surface area contributed by atoms with Crippen LogP contribution >= 0.6 is 0 Å². The smallest absolute Gasteiger partial charge is 0.243 e. The van der Waals surface area contributed by atoms with Gasteiger partial charge >= 0.3 is 0 Å². The fourth-order valence-corrected chi connectivity index (χ4v) is 6.54. The molecule has 2 fully saturated rings. The number of carbonyl (C=O) groups is 2. The van der Waals surface area contributed by atoms with Crippen LogP contribution in [-0.2, 0) is 19.6 Å². The highest BCUT2D eigenvalue weighted by Crippen LogP contribution is 2.36. The summed E-state index contributed by atoms with van der Waals surface area (Å²) in [5.41, 5.74) is 1.69. The number of amides is 2. The SMILES string of the molecule is Cc1ccc(NC(=O)C2CC(=O)N(c3ccc4c(c3)OCCO4)C2)cc1S(=O)(=O)N1CCCCC1. The molecule has 3 heterocycles.